The summed E-state index contributed by atoms with van der Waals surface area (Å²) in [4.78, 5) is 21.4. The molecular weight excluding hydrogens is 225 g/mol. The number of amides is 1. The van der Waals surface area contributed by atoms with Gasteiger partial charge in [-0.3, -0.25) is 14.2 Å². The molecule has 0 aliphatic carbocycles. The van der Waals surface area contributed by atoms with Crippen molar-refractivity contribution in [2.24, 2.45) is 7.05 Å². The third-order valence-corrected chi connectivity index (χ3v) is 2.14. The fourth-order valence-corrected chi connectivity index (χ4v) is 1.26. The Balaban J connectivity index is 3.71. The topological polar surface area (TPSA) is 74.9 Å². The van der Waals surface area contributed by atoms with E-state index in [9.17, 15) is 14.0 Å². The van der Waals surface area contributed by atoms with Gasteiger partial charge in [-0.05, 0) is 0 Å². The first-order chi connectivity index (χ1) is 7.04. The smallest absolute Gasteiger partial charge is 0.289 e. The number of hydrogen-bond donors (Lipinski definition) is 1. The summed E-state index contributed by atoms with van der Waals surface area (Å²) in [7, 11) is 1.22. The number of carbonyl (C=O) groups is 1. The number of halogens is 2. The zero-order valence-corrected chi connectivity index (χ0v) is 8.30. The summed E-state index contributed by atoms with van der Waals surface area (Å²) < 4.78 is 13.9. The lowest BCUT2D eigenvalue weighted by Crippen LogP contribution is -2.25. The van der Waals surface area contributed by atoms with Crippen molar-refractivity contribution in [1.82, 2.24) is 4.57 Å². The second-order valence-electron chi connectivity index (χ2n) is 2.59. The Kier molecular flexibility index (Phi) is 3.07. The quantitative estimate of drug-likeness (QED) is 0.756. The van der Waals surface area contributed by atoms with Crippen LogP contribution in [0.1, 0.15) is 5.56 Å². The maximum Gasteiger partial charge on any atom is 0.289 e. The zero-order chi connectivity index (χ0) is 11.6. The van der Waals surface area contributed by atoms with Gasteiger partial charge in [0.1, 0.15) is 22.5 Å². The highest BCUT2D eigenvalue weighted by Crippen LogP contribution is 2.22. The van der Waals surface area contributed by atoms with Gasteiger partial charge in [0.25, 0.3) is 5.56 Å². The molecule has 0 radical (unpaired) electrons. The van der Waals surface area contributed by atoms with E-state index in [1.165, 1.54) is 7.05 Å². The molecule has 0 aromatic carbocycles. The lowest BCUT2D eigenvalue weighted by atomic mass is 10.2. The fourth-order valence-electron chi connectivity index (χ4n) is 1.05. The lowest BCUT2D eigenvalue weighted by molar-refractivity contribution is -0.105. The summed E-state index contributed by atoms with van der Waals surface area (Å²) in [5.74, 6) is -1.35. The van der Waals surface area contributed by atoms with Crippen molar-refractivity contribution in [2.45, 2.75) is 0 Å². The molecule has 1 amide bonds. The summed E-state index contributed by atoms with van der Waals surface area (Å²) >= 11 is 5.44. The predicted molar refractivity (Wildman–Crippen MR) is 51.1 cm³/mol. The van der Waals surface area contributed by atoms with E-state index in [1.807, 2.05) is 0 Å². The number of hydrogen-bond acceptors (Lipinski definition) is 3. The van der Waals surface area contributed by atoms with E-state index in [1.54, 1.807) is 6.07 Å². The highest BCUT2D eigenvalue weighted by molar-refractivity contribution is 6.32. The van der Waals surface area contributed by atoms with Crippen LogP contribution in [0.2, 0.25) is 5.02 Å². The number of anilines is 1. The van der Waals surface area contributed by atoms with Crippen molar-refractivity contribution in [3.8, 4) is 6.07 Å². The largest absolute Gasteiger partial charge is 0.314 e. The summed E-state index contributed by atoms with van der Waals surface area (Å²) in [6.45, 7) is 0. The van der Waals surface area contributed by atoms with Crippen LogP contribution in [-0.2, 0) is 11.8 Å². The van der Waals surface area contributed by atoms with E-state index in [2.05, 4.69) is 5.32 Å². The predicted octanol–water partition coefficient (Wildman–Crippen LogP) is 0.618. The molecule has 1 N–H and O–H groups in total. The van der Waals surface area contributed by atoms with Gasteiger partial charge >= 0.3 is 0 Å². The van der Waals surface area contributed by atoms with Gasteiger partial charge < -0.3 is 5.32 Å². The van der Waals surface area contributed by atoms with E-state index in [0.717, 1.165) is 4.57 Å². The number of nitrogens with one attached hydrogen (secondary N) is 1. The van der Waals surface area contributed by atoms with Crippen LogP contribution in [0.5, 0.6) is 0 Å². The van der Waals surface area contributed by atoms with Gasteiger partial charge in [0, 0.05) is 7.05 Å². The molecule has 78 valence electrons. The molecule has 1 aromatic heterocycles. The average molecular weight is 230 g/mol. The van der Waals surface area contributed by atoms with E-state index >= 15 is 0 Å². The fraction of sp³-hybridized carbons (Fsp3) is 0.125. The van der Waals surface area contributed by atoms with Gasteiger partial charge in [0.15, 0.2) is 0 Å². The monoisotopic (exact) mass is 229 g/mol. The highest BCUT2D eigenvalue weighted by Gasteiger charge is 2.18. The summed E-state index contributed by atoms with van der Waals surface area (Å²) in [5.41, 5.74) is -1.30. The van der Waals surface area contributed by atoms with Crippen molar-refractivity contribution >= 4 is 23.8 Å². The number of aromatic nitrogens is 1. The van der Waals surface area contributed by atoms with Crippen molar-refractivity contribution in [2.75, 3.05) is 5.32 Å². The molecule has 0 bridgehead atoms. The first kappa shape index (κ1) is 11.2. The van der Waals surface area contributed by atoms with Gasteiger partial charge in [0.05, 0.1) is 0 Å². The third kappa shape index (κ3) is 1.69. The number of rotatable bonds is 2. The van der Waals surface area contributed by atoms with E-state index in [4.69, 9.17) is 16.9 Å². The molecule has 1 heterocycles. The summed E-state index contributed by atoms with van der Waals surface area (Å²) in [6, 6.07) is 1.60. The molecule has 15 heavy (non-hydrogen) atoms. The minimum atomic E-state index is -1.22. The summed E-state index contributed by atoms with van der Waals surface area (Å²) in [6.07, 6.45) is 0.268. The Morgan fingerprint density at radius 1 is 1.67 bits per heavy atom. The lowest BCUT2D eigenvalue weighted by Gasteiger charge is -2.09. The second kappa shape index (κ2) is 4.11. The molecule has 0 saturated carbocycles. The van der Waals surface area contributed by atoms with Crippen LogP contribution in [0.15, 0.2) is 4.79 Å². The first-order valence-corrected chi connectivity index (χ1v) is 4.10. The molecule has 1 aromatic rings. The van der Waals surface area contributed by atoms with E-state index < -0.39 is 16.4 Å². The van der Waals surface area contributed by atoms with Gasteiger partial charge in [-0.1, -0.05) is 11.6 Å². The van der Waals surface area contributed by atoms with Crippen molar-refractivity contribution in [3.63, 3.8) is 0 Å². The molecule has 0 aliphatic rings. The van der Waals surface area contributed by atoms with Gasteiger partial charge in [-0.25, -0.2) is 0 Å². The number of nitrogens with zero attached hydrogens (tertiary/aromatic N) is 2. The van der Waals surface area contributed by atoms with Crippen LogP contribution in [0, 0.1) is 17.1 Å². The van der Waals surface area contributed by atoms with Crippen molar-refractivity contribution in [1.29, 1.82) is 5.26 Å². The SMILES string of the molecule is Cn1c(NC=O)c(C#N)c(Cl)c(F)c1=O. The van der Waals surface area contributed by atoms with Crippen LogP contribution >= 0.6 is 11.6 Å². The first-order valence-electron chi connectivity index (χ1n) is 3.72. The summed E-state index contributed by atoms with van der Waals surface area (Å²) in [5, 5.41) is 10.2. The molecular formula is C8H5ClFN3O2. The Hall–Kier alpha value is -1.87. The van der Waals surface area contributed by atoms with Crippen LogP contribution < -0.4 is 10.9 Å². The van der Waals surface area contributed by atoms with Gasteiger partial charge in [-0.2, -0.15) is 9.65 Å². The number of nitriles is 1. The Bertz CT molecular complexity index is 518. The maximum absolute atomic E-state index is 13.1. The van der Waals surface area contributed by atoms with Crippen molar-refractivity contribution < 1.29 is 9.18 Å². The molecule has 0 aliphatic heterocycles. The molecule has 0 saturated heterocycles. The van der Waals surface area contributed by atoms with Gasteiger partial charge in [-0.15, -0.1) is 0 Å². The average Bonchev–Trinajstić information content (AvgIpc) is 2.24. The van der Waals surface area contributed by atoms with Crippen molar-refractivity contribution in [3.05, 3.63) is 26.8 Å². The standard InChI is InChI=1S/C8H5ClFN3O2/c1-13-7(12-3-14)4(2-11)5(9)6(10)8(13)15/h3H,1H3,(H,12,14). The van der Waals surface area contributed by atoms with Crippen LogP contribution in [0.4, 0.5) is 10.2 Å². The Labute approximate surface area is 88.7 Å². The zero-order valence-electron chi connectivity index (χ0n) is 7.54. The molecule has 0 spiro atoms. The third-order valence-electron chi connectivity index (χ3n) is 1.78. The van der Waals surface area contributed by atoms with E-state index in [0.29, 0.717) is 0 Å². The maximum atomic E-state index is 13.1. The Morgan fingerprint density at radius 3 is 2.73 bits per heavy atom. The second-order valence-corrected chi connectivity index (χ2v) is 2.97. The highest BCUT2D eigenvalue weighted by atomic mass is 35.5. The van der Waals surface area contributed by atoms with Crippen LogP contribution in [0.25, 0.3) is 0 Å². The molecule has 1 rings (SSSR count). The normalized spacial score (nSPS) is 9.47. The Morgan fingerprint density at radius 2 is 2.27 bits per heavy atom. The van der Waals surface area contributed by atoms with Crippen LogP contribution in [-0.4, -0.2) is 11.0 Å². The number of pyridine rings is 1. The van der Waals surface area contributed by atoms with E-state index in [-0.39, 0.29) is 17.8 Å². The molecule has 7 heteroatoms. The van der Waals surface area contributed by atoms with Gasteiger partial charge in [0.2, 0.25) is 12.2 Å². The molecule has 0 fully saturated rings. The number of carbonyl (C=O) groups excluding carboxylic acids is 1. The van der Waals surface area contributed by atoms with Crippen LogP contribution in [0.3, 0.4) is 0 Å². The minimum Gasteiger partial charge on any atom is -0.314 e. The molecule has 0 atom stereocenters. The molecule has 0 unspecified atom stereocenters. The molecule has 5 nitrogen and oxygen atoms in total. The minimum absolute atomic E-state index is 0.135.